The number of aromatic amines is 1. The van der Waals surface area contributed by atoms with E-state index in [4.69, 9.17) is 0 Å². The van der Waals surface area contributed by atoms with Crippen LogP contribution in [0.3, 0.4) is 0 Å². The Hall–Kier alpha value is -1.73. The number of nitrogens with one attached hydrogen (secondary N) is 1. The molecule has 0 aliphatic carbocycles. The van der Waals surface area contributed by atoms with Crippen LogP contribution in [0.15, 0.2) is 41.8 Å². The number of sulfonamides is 1. The molecule has 0 radical (unpaired) electrons. The summed E-state index contributed by atoms with van der Waals surface area (Å²) in [6.07, 6.45) is 6.52. The predicted octanol–water partition coefficient (Wildman–Crippen LogP) is 1.33. The third-order valence-corrected chi connectivity index (χ3v) is 5.19. The van der Waals surface area contributed by atoms with Crippen molar-refractivity contribution in [1.82, 2.24) is 19.5 Å². The molecule has 2 aromatic heterocycles. The Morgan fingerprint density at radius 1 is 1.21 bits per heavy atom. The van der Waals surface area contributed by atoms with E-state index in [0.717, 1.165) is 18.4 Å². The number of rotatable bonds is 3. The smallest absolute Gasteiger partial charge is 0.260 e. The lowest BCUT2D eigenvalue weighted by molar-refractivity contribution is 0.394. The lowest BCUT2D eigenvalue weighted by Gasteiger charge is -2.23. The second kappa shape index (κ2) is 4.75. The van der Waals surface area contributed by atoms with Gasteiger partial charge in [0.15, 0.2) is 5.03 Å². The molecule has 0 amide bonds. The molecule has 1 atom stereocenters. The molecule has 3 heterocycles. The summed E-state index contributed by atoms with van der Waals surface area (Å²) in [5, 5.41) is 6.40. The minimum Gasteiger partial charge on any atom is -0.266 e. The van der Waals surface area contributed by atoms with E-state index in [1.165, 1.54) is 16.6 Å². The van der Waals surface area contributed by atoms with Crippen LogP contribution in [0, 0.1) is 0 Å². The molecule has 1 saturated heterocycles. The quantitative estimate of drug-likeness (QED) is 0.918. The predicted molar refractivity (Wildman–Crippen MR) is 68.7 cm³/mol. The zero-order valence-corrected chi connectivity index (χ0v) is 11.0. The fourth-order valence-corrected chi connectivity index (χ4v) is 4.04. The Kier molecular flexibility index (Phi) is 3.08. The average molecular weight is 278 g/mol. The summed E-state index contributed by atoms with van der Waals surface area (Å²) in [6.45, 7) is 0.536. The maximum absolute atomic E-state index is 12.5. The topological polar surface area (TPSA) is 79.0 Å². The highest BCUT2D eigenvalue weighted by molar-refractivity contribution is 7.89. The number of hydrogen-bond acceptors (Lipinski definition) is 4. The summed E-state index contributed by atoms with van der Waals surface area (Å²) in [7, 11) is -3.50. The molecule has 2 aromatic rings. The van der Waals surface area contributed by atoms with Gasteiger partial charge in [-0.25, -0.2) is 8.42 Å². The van der Waals surface area contributed by atoms with Gasteiger partial charge in [-0.3, -0.25) is 10.1 Å². The molecule has 100 valence electrons. The van der Waals surface area contributed by atoms with Gasteiger partial charge in [0, 0.05) is 18.9 Å². The van der Waals surface area contributed by atoms with E-state index in [-0.39, 0.29) is 11.1 Å². The Morgan fingerprint density at radius 2 is 2.00 bits per heavy atom. The van der Waals surface area contributed by atoms with Gasteiger partial charge in [0.1, 0.15) is 0 Å². The summed E-state index contributed by atoms with van der Waals surface area (Å²) in [5.41, 5.74) is 0.982. The summed E-state index contributed by atoms with van der Waals surface area (Å²) >= 11 is 0. The van der Waals surface area contributed by atoms with Gasteiger partial charge in [-0.1, -0.05) is 0 Å². The van der Waals surface area contributed by atoms with Crippen LogP contribution < -0.4 is 0 Å². The molecule has 0 saturated carbocycles. The highest BCUT2D eigenvalue weighted by Gasteiger charge is 2.36. The first-order chi connectivity index (χ1) is 9.19. The van der Waals surface area contributed by atoms with Gasteiger partial charge in [0.25, 0.3) is 10.0 Å². The van der Waals surface area contributed by atoms with Crippen molar-refractivity contribution in [1.29, 1.82) is 0 Å². The third kappa shape index (κ3) is 2.15. The molecule has 0 bridgehead atoms. The van der Waals surface area contributed by atoms with Crippen molar-refractivity contribution in [3.63, 3.8) is 0 Å². The van der Waals surface area contributed by atoms with Gasteiger partial charge in [-0.05, 0) is 36.6 Å². The Morgan fingerprint density at radius 3 is 2.68 bits per heavy atom. The first-order valence-electron chi connectivity index (χ1n) is 6.11. The zero-order valence-electron chi connectivity index (χ0n) is 10.2. The fraction of sp³-hybridized carbons (Fsp3) is 0.333. The molecular weight excluding hydrogens is 264 g/mol. The van der Waals surface area contributed by atoms with Crippen LogP contribution in [0.4, 0.5) is 0 Å². The second-order valence-electron chi connectivity index (χ2n) is 4.48. The normalized spacial score (nSPS) is 20.7. The van der Waals surface area contributed by atoms with E-state index < -0.39 is 10.0 Å². The van der Waals surface area contributed by atoms with Crippen molar-refractivity contribution in [3.8, 4) is 0 Å². The highest BCUT2D eigenvalue weighted by Crippen LogP contribution is 2.35. The number of pyridine rings is 1. The molecule has 0 spiro atoms. The molecule has 1 fully saturated rings. The van der Waals surface area contributed by atoms with Crippen LogP contribution in [0.5, 0.6) is 0 Å². The van der Waals surface area contributed by atoms with Crippen molar-refractivity contribution in [2.24, 2.45) is 0 Å². The molecule has 0 aromatic carbocycles. The van der Waals surface area contributed by atoms with Gasteiger partial charge < -0.3 is 0 Å². The lowest BCUT2D eigenvalue weighted by Crippen LogP contribution is -2.31. The maximum atomic E-state index is 12.5. The molecule has 1 aliphatic rings. The standard InChI is InChI=1S/C12H14N4O2S/c17-19(18,12-5-8-14-15-12)16-9-1-2-11(16)10-3-6-13-7-4-10/h3-8,11H,1-2,9H2,(H,14,15). The largest absolute Gasteiger partial charge is 0.266 e. The minimum absolute atomic E-state index is 0.115. The molecule has 7 heteroatoms. The molecule has 19 heavy (non-hydrogen) atoms. The van der Waals surface area contributed by atoms with E-state index in [2.05, 4.69) is 15.2 Å². The lowest BCUT2D eigenvalue weighted by atomic mass is 10.1. The van der Waals surface area contributed by atoms with Gasteiger partial charge in [0.2, 0.25) is 0 Å². The summed E-state index contributed by atoms with van der Waals surface area (Å²) in [6, 6.07) is 5.10. The van der Waals surface area contributed by atoms with Crippen LogP contribution in [0.1, 0.15) is 24.4 Å². The van der Waals surface area contributed by atoms with Crippen LogP contribution in [-0.4, -0.2) is 34.4 Å². The van der Waals surface area contributed by atoms with Gasteiger partial charge >= 0.3 is 0 Å². The van der Waals surface area contributed by atoms with E-state index in [1.807, 2.05) is 12.1 Å². The van der Waals surface area contributed by atoms with Crippen molar-refractivity contribution >= 4 is 10.0 Å². The minimum atomic E-state index is -3.50. The van der Waals surface area contributed by atoms with Crippen molar-refractivity contribution < 1.29 is 8.42 Å². The number of hydrogen-bond donors (Lipinski definition) is 1. The third-order valence-electron chi connectivity index (χ3n) is 3.36. The number of aromatic nitrogens is 3. The van der Waals surface area contributed by atoms with E-state index in [9.17, 15) is 8.42 Å². The van der Waals surface area contributed by atoms with Crippen molar-refractivity contribution in [2.45, 2.75) is 23.9 Å². The van der Waals surface area contributed by atoms with Crippen LogP contribution in [0.25, 0.3) is 0 Å². The Labute approximate surface area is 111 Å². The average Bonchev–Trinajstić information content (AvgIpc) is 3.11. The SMILES string of the molecule is O=S(=O)(c1ccn[nH]1)N1CCCC1c1ccncc1. The van der Waals surface area contributed by atoms with Crippen LogP contribution >= 0.6 is 0 Å². The molecule has 3 rings (SSSR count). The molecule has 1 N–H and O–H groups in total. The molecule has 1 aliphatic heterocycles. The van der Waals surface area contributed by atoms with Gasteiger partial charge in [0.05, 0.1) is 12.2 Å². The zero-order chi connectivity index (χ0) is 13.3. The van der Waals surface area contributed by atoms with E-state index in [0.29, 0.717) is 6.54 Å². The first kappa shape index (κ1) is 12.3. The highest BCUT2D eigenvalue weighted by atomic mass is 32.2. The summed E-state index contributed by atoms with van der Waals surface area (Å²) in [5.74, 6) is 0. The maximum Gasteiger partial charge on any atom is 0.260 e. The van der Waals surface area contributed by atoms with Crippen LogP contribution in [0.2, 0.25) is 0 Å². The van der Waals surface area contributed by atoms with Crippen molar-refractivity contribution in [3.05, 3.63) is 42.4 Å². The fourth-order valence-electron chi connectivity index (χ4n) is 2.46. The summed E-state index contributed by atoms with van der Waals surface area (Å²) in [4.78, 5) is 3.97. The van der Waals surface area contributed by atoms with E-state index >= 15 is 0 Å². The molecular formula is C12H14N4O2S. The van der Waals surface area contributed by atoms with E-state index in [1.54, 1.807) is 12.4 Å². The first-order valence-corrected chi connectivity index (χ1v) is 7.55. The van der Waals surface area contributed by atoms with Crippen LogP contribution in [-0.2, 0) is 10.0 Å². The molecule has 1 unspecified atom stereocenters. The van der Waals surface area contributed by atoms with Gasteiger partial charge in [-0.15, -0.1) is 0 Å². The second-order valence-corrected chi connectivity index (χ2v) is 6.33. The Balaban J connectivity index is 1.97. The summed E-state index contributed by atoms with van der Waals surface area (Å²) < 4.78 is 26.6. The number of H-pyrrole nitrogens is 1. The van der Waals surface area contributed by atoms with Crippen molar-refractivity contribution in [2.75, 3.05) is 6.54 Å². The number of nitrogens with zero attached hydrogens (tertiary/aromatic N) is 3. The van der Waals surface area contributed by atoms with Gasteiger partial charge in [-0.2, -0.15) is 9.40 Å². The molecule has 6 nitrogen and oxygen atoms in total. The Bertz CT molecular complexity index is 640. The monoisotopic (exact) mass is 278 g/mol.